The zero-order chi connectivity index (χ0) is 14.7. The number of hydrogen-bond donors (Lipinski definition) is 1. The van der Waals surface area contributed by atoms with Gasteiger partial charge in [-0.3, -0.25) is 0 Å². The van der Waals surface area contributed by atoms with E-state index in [-0.39, 0.29) is 12.1 Å². The summed E-state index contributed by atoms with van der Waals surface area (Å²) in [4.78, 5) is 1.25. The van der Waals surface area contributed by atoms with E-state index < -0.39 is 0 Å². The molecule has 0 saturated heterocycles. The third-order valence-corrected chi connectivity index (χ3v) is 5.89. The average molecular weight is 360 g/mol. The molecule has 114 valence electrons. The van der Waals surface area contributed by atoms with E-state index in [4.69, 9.17) is 10.5 Å². The molecule has 2 nitrogen and oxygen atoms in total. The Labute approximate surface area is 135 Å². The van der Waals surface area contributed by atoms with Gasteiger partial charge in [0.25, 0.3) is 0 Å². The summed E-state index contributed by atoms with van der Waals surface area (Å²) >= 11 is 5.28. The van der Waals surface area contributed by atoms with Gasteiger partial charge < -0.3 is 10.5 Å². The molecule has 0 aromatic carbocycles. The largest absolute Gasteiger partial charge is 0.368 e. The fourth-order valence-electron chi connectivity index (χ4n) is 3.27. The Morgan fingerprint density at radius 1 is 1.30 bits per heavy atom. The minimum absolute atomic E-state index is 0.0406. The second-order valence-electron chi connectivity index (χ2n) is 6.31. The van der Waals surface area contributed by atoms with Gasteiger partial charge in [-0.15, -0.1) is 11.3 Å². The summed E-state index contributed by atoms with van der Waals surface area (Å²) in [5.41, 5.74) is 6.31. The molecule has 0 spiro atoms. The lowest BCUT2D eigenvalue weighted by atomic mass is 9.81. The number of halogens is 1. The first-order chi connectivity index (χ1) is 9.49. The first kappa shape index (κ1) is 16.5. The second kappa shape index (κ2) is 7.39. The van der Waals surface area contributed by atoms with Crippen LogP contribution in [0.2, 0.25) is 0 Å². The predicted molar refractivity (Wildman–Crippen MR) is 90.1 cm³/mol. The van der Waals surface area contributed by atoms with Gasteiger partial charge in [0.15, 0.2) is 0 Å². The predicted octanol–water partition coefficient (Wildman–Crippen LogP) is 5.13. The molecule has 1 saturated carbocycles. The van der Waals surface area contributed by atoms with Crippen LogP contribution < -0.4 is 5.73 Å². The highest BCUT2D eigenvalue weighted by Gasteiger charge is 2.30. The minimum Gasteiger partial charge on any atom is -0.368 e. The summed E-state index contributed by atoms with van der Waals surface area (Å²) in [6.07, 6.45) is 5.01. The molecule has 0 aliphatic heterocycles. The molecular weight excluding hydrogens is 334 g/mol. The molecule has 2 N–H and O–H groups in total. The lowest BCUT2D eigenvalue weighted by Crippen LogP contribution is -2.35. The van der Waals surface area contributed by atoms with E-state index in [1.165, 1.54) is 24.1 Å². The number of ether oxygens (including phenoxy) is 1. The van der Waals surface area contributed by atoms with Crippen LogP contribution in [0.25, 0.3) is 0 Å². The normalized spacial score (nSPS) is 30.1. The molecule has 1 aliphatic carbocycles. The Hall–Kier alpha value is 0.1000. The Bertz CT molecular complexity index is 412. The Balaban J connectivity index is 2.08. The third kappa shape index (κ3) is 4.30. The molecule has 1 aromatic heterocycles. The van der Waals surface area contributed by atoms with Crippen LogP contribution >= 0.6 is 27.3 Å². The summed E-state index contributed by atoms with van der Waals surface area (Å²) in [7, 11) is 0. The van der Waals surface area contributed by atoms with Gasteiger partial charge >= 0.3 is 0 Å². The van der Waals surface area contributed by atoms with Gasteiger partial charge in [0.1, 0.15) is 6.10 Å². The molecule has 0 amide bonds. The van der Waals surface area contributed by atoms with Gasteiger partial charge in [0, 0.05) is 10.9 Å². The first-order valence-corrected chi connectivity index (χ1v) is 9.26. The van der Waals surface area contributed by atoms with Crippen LogP contribution in [0.1, 0.15) is 57.4 Å². The topological polar surface area (TPSA) is 35.2 Å². The van der Waals surface area contributed by atoms with E-state index >= 15 is 0 Å². The van der Waals surface area contributed by atoms with Crippen LogP contribution in [0.15, 0.2) is 15.9 Å². The van der Waals surface area contributed by atoms with Crippen molar-refractivity contribution < 1.29 is 4.74 Å². The standard InChI is InChI=1S/C16H26BrNOS/c1-4-13(18)16(14-5-6-15(17)20-14)19-12-8-10(2)7-11(3)9-12/h5-6,10-13,16H,4,7-9,18H2,1-3H3. The lowest BCUT2D eigenvalue weighted by molar-refractivity contribution is -0.0595. The summed E-state index contributed by atoms with van der Waals surface area (Å²) in [5, 5.41) is 0. The van der Waals surface area contributed by atoms with Gasteiger partial charge in [0.2, 0.25) is 0 Å². The maximum absolute atomic E-state index is 6.45. The van der Waals surface area contributed by atoms with Crippen molar-refractivity contribution in [3.8, 4) is 0 Å². The summed E-state index contributed by atoms with van der Waals surface area (Å²) in [6, 6.07) is 4.31. The highest BCUT2D eigenvalue weighted by atomic mass is 79.9. The number of nitrogens with two attached hydrogens (primary N) is 1. The SMILES string of the molecule is CCC(N)C(OC1CC(C)CC(C)C1)c1ccc(Br)s1. The van der Waals surface area contributed by atoms with E-state index in [0.717, 1.165) is 22.0 Å². The van der Waals surface area contributed by atoms with E-state index in [1.54, 1.807) is 11.3 Å². The molecule has 1 fully saturated rings. The van der Waals surface area contributed by atoms with Crippen LogP contribution in [-0.4, -0.2) is 12.1 Å². The summed E-state index contributed by atoms with van der Waals surface area (Å²) < 4.78 is 7.60. The van der Waals surface area contributed by atoms with Crippen molar-refractivity contribution in [2.24, 2.45) is 17.6 Å². The second-order valence-corrected chi connectivity index (χ2v) is 8.80. The molecule has 4 unspecified atom stereocenters. The zero-order valence-corrected chi connectivity index (χ0v) is 15.0. The monoisotopic (exact) mass is 359 g/mol. The number of hydrogen-bond acceptors (Lipinski definition) is 3. The van der Waals surface area contributed by atoms with E-state index in [2.05, 4.69) is 48.8 Å². The van der Waals surface area contributed by atoms with Gasteiger partial charge in [-0.1, -0.05) is 20.8 Å². The minimum atomic E-state index is 0.0406. The van der Waals surface area contributed by atoms with Gasteiger partial charge in [0.05, 0.1) is 9.89 Å². The van der Waals surface area contributed by atoms with Crippen molar-refractivity contribution in [2.45, 2.75) is 64.7 Å². The molecule has 0 radical (unpaired) electrons. The average Bonchev–Trinajstić information content (AvgIpc) is 2.80. The van der Waals surface area contributed by atoms with Crippen LogP contribution in [0.3, 0.4) is 0 Å². The maximum atomic E-state index is 6.45. The van der Waals surface area contributed by atoms with Crippen molar-refractivity contribution in [3.63, 3.8) is 0 Å². The molecule has 1 aliphatic rings. The van der Waals surface area contributed by atoms with Crippen molar-refractivity contribution in [1.82, 2.24) is 0 Å². The third-order valence-electron chi connectivity index (χ3n) is 4.21. The quantitative estimate of drug-likeness (QED) is 0.790. The molecular formula is C16H26BrNOS. The molecule has 1 heterocycles. The summed E-state index contributed by atoms with van der Waals surface area (Å²) in [6.45, 7) is 6.81. The van der Waals surface area contributed by atoms with Gasteiger partial charge in [-0.05, 0) is 65.6 Å². The number of thiophene rings is 1. The Morgan fingerprint density at radius 3 is 2.45 bits per heavy atom. The Kier molecular flexibility index (Phi) is 6.09. The fourth-order valence-corrected chi connectivity index (χ4v) is 4.80. The number of rotatable bonds is 5. The molecule has 20 heavy (non-hydrogen) atoms. The van der Waals surface area contributed by atoms with Gasteiger partial charge in [-0.25, -0.2) is 0 Å². The zero-order valence-electron chi connectivity index (χ0n) is 12.6. The van der Waals surface area contributed by atoms with Crippen molar-refractivity contribution in [3.05, 3.63) is 20.8 Å². The lowest BCUT2D eigenvalue weighted by Gasteiger charge is -2.35. The Morgan fingerprint density at radius 2 is 1.95 bits per heavy atom. The van der Waals surface area contributed by atoms with Crippen molar-refractivity contribution in [1.29, 1.82) is 0 Å². The van der Waals surface area contributed by atoms with Crippen LogP contribution in [-0.2, 0) is 4.74 Å². The molecule has 2 rings (SSSR count). The molecule has 4 heteroatoms. The van der Waals surface area contributed by atoms with E-state index in [0.29, 0.717) is 6.10 Å². The van der Waals surface area contributed by atoms with Crippen LogP contribution in [0.5, 0.6) is 0 Å². The van der Waals surface area contributed by atoms with E-state index in [1.807, 2.05) is 0 Å². The molecule has 4 atom stereocenters. The van der Waals surface area contributed by atoms with Crippen molar-refractivity contribution >= 4 is 27.3 Å². The molecule has 0 bridgehead atoms. The smallest absolute Gasteiger partial charge is 0.107 e. The first-order valence-electron chi connectivity index (χ1n) is 7.65. The van der Waals surface area contributed by atoms with Crippen molar-refractivity contribution in [2.75, 3.05) is 0 Å². The highest BCUT2D eigenvalue weighted by Crippen LogP contribution is 2.37. The van der Waals surface area contributed by atoms with Gasteiger partial charge in [-0.2, -0.15) is 0 Å². The maximum Gasteiger partial charge on any atom is 0.107 e. The van der Waals surface area contributed by atoms with E-state index in [9.17, 15) is 0 Å². The summed E-state index contributed by atoms with van der Waals surface area (Å²) in [5.74, 6) is 1.52. The molecule has 1 aromatic rings. The highest BCUT2D eigenvalue weighted by molar-refractivity contribution is 9.11. The van der Waals surface area contributed by atoms with Crippen LogP contribution in [0.4, 0.5) is 0 Å². The fraction of sp³-hybridized carbons (Fsp3) is 0.750. The van der Waals surface area contributed by atoms with Crippen LogP contribution in [0, 0.1) is 11.8 Å².